The quantitative estimate of drug-likeness (QED) is 0.470. The summed E-state index contributed by atoms with van der Waals surface area (Å²) in [7, 11) is 0. The SMILES string of the molecule is Clc1ccc(Nc2ncc(Sc3ccncc3)c3ccccc23)cc1. The molecule has 4 rings (SSSR count). The minimum Gasteiger partial charge on any atom is -0.340 e. The molecule has 0 saturated carbocycles. The van der Waals surface area contributed by atoms with E-state index in [-0.39, 0.29) is 0 Å². The molecule has 3 nitrogen and oxygen atoms in total. The Balaban J connectivity index is 1.72. The summed E-state index contributed by atoms with van der Waals surface area (Å²) in [4.78, 5) is 11.0. The number of fused-ring (bicyclic) bond motifs is 1. The van der Waals surface area contributed by atoms with Crippen molar-refractivity contribution in [1.29, 1.82) is 0 Å². The predicted molar refractivity (Wildman–Crippen MR) is 105 cm³/mol. The molecule has 0 aliphatic carbocycles. The Morgan fingerprint density at radius 1 is 0.840 bits per heavy atom. The molecule has 0 aliphatic rings. The van der Waals surface area contributed by atoms with Gasteiger partial charge in [-0.3, -0.25) is 4.98 Å². The van der Waals surface area contributed by atoms with Crippen LogP contribution in [0.15, 0.2) is 89.0 Å². The highest BCUT2D eigenvalue weighted by Gasteiger charge is 2.09. The molecule has 0 radical (unpaired) electrons. The first-order valence-electron chi connectivity index (χ1n) is 7.78. The molecule has 0 spiro atoms. The summed E-state index contributed by atoms with van der Waals surface area (Å²) in [5, 5.41) is 6.33. The van der Waals surface area contributed by atoms with E-state index in [0.717, 1.165) is 32.1 Å². The Morgan fingerprint density at radius 3 is 2.32 bits per heavy atom. The van der Waals surface area contributed by atoms with Gasteiger partial charge in [-0.1, -0.05) is 47.6 Å². The van der Waals surface area contributed by atoms with Crippen LogP contribution in [0.25, 0.3) is 10.8 Å². The van der Waals surface area contributed by atoms with Crippen LogP contribution in [0.5, 0.6) is 0 Å². The first-order chi connectivity index (χ1) is 12.3. The number of anilines is 2. The van der Waals surface area contributed by atoms with E-state index in [1.807, 2.05) is 54.7 Å². The summed E-state index contributed by atoms with van der Waals surface area (Å²) in [6.45, 7) is 0. The van der Waals surface area contributed by atoms with Gasteiger partial charge in [0, 0.05) is 49.9 Å². The molecule has 0 fully saturated rings. The van der Waals surface area contributed by atoms with Crippen molar-refractivity contribution in [3.05, 3.63) is 84.3 Å². The van der Waals surface area contributed by atoms with Crippen molar-refractivity contribution in [2.45, 2.75) is 9.79 Å². The standard InChI is InChI=1S/C20H14ClN3S/c21-14-5-7-15(8-6-14)24-20-18-4-2-1-3-17(18)19(13-23-20)25-16-9-11-22-12-10-16/h1-13H,(H,23,24). The molecule has 0 unspecified atom stereocenters. The average Bonchev–Trinajstić information content (AvgIpc) is 2.66. The molecule has 2 aromatic carbocycles. The third-order valence-electron chi connectivity index (χ3n) is 3.74. The van der Waals surface area contributed by atoms with Gasteiger partial charge in [0.1, 0.15) is 5.82 Å². The Labute approximate surface area is 155 Å². The van der Waals surface area contributed by atoms with E-state index >= 15 is 0 Å². The Kier molecular flexibility index (Phi) is 4.55. The van der Waals surface area contributed by atoms with Gasteiger partial charge in [-0.15, -0.1) is 0 Å². The van der Waals surface area contributed by atoms with Crippen molar-refractivity contribution in [1.82, 2.24) is 9.97 Å². The molecule has 2 aromatic heterocycles. The normalized spacial score (nSPS) is 10.8. The maximum atomic E-state index is 5.96. The summed E-state index contributed by atoms with van der Waals surface area (Å²) < 4.78 is 0. The molecule has 4 aromatic rings. The number of pyridine rings is 2. The van der Waals surface area contributed by atoms with Crippen LogP contribution < -0.4 is 5.32 Å². The summed E-state index contributed by atoms with van der Waals surface area (Å²) in [6, 6.07) is 19.9. The lowest BCUT2D eigenvalue weighted by molar-refractivity contribution is 1.25. The summed E-state index contributed by atoms with van der Waals surface area (Å²) in [5.74, 6) is 0.831. The maximum absolute atomic E-state index is 5.96. The van der Waals surface area contributed by atoms with Crippen molar-refractivity contribution >= 4 is 45.6 Å². The van der Waals surface area contributed by atoms with Crippen molar-refractivity contribution in [2.75, 3.05) is 5.32 Å². The summed E-state index contributed by atoms with van der Waals surface area (Å²) >= 11 is 7.64. The van der Waals surface area contributed by atoms with Crippen LogP contribution >= 0.6 is 23.4 Å². The zero-order chi connectivity index (χ0) is 17.1. The zero-order valence-corrected chi connectivity index (χ0v) is 14.8. The van der Waals surface area contributed by atoms with Crippen LogP contribution in [0, 0.1) is 0 Å². The zero-order valence-electron chi connectivity index (χ0n) is 13.2. The number of nitrogens with one attached hydrogen (secondary N) is 1. The molecule has 25 heavy (non-hydrogen) atoms. The number of hydrogen-bond donors (Lipinski definition) is 1. The lowest BCUT2D eigenvalue weighted by atomic mass is 10.1. The van der Waals surface area contributed by atoms with E-state index in [9.17, 15) is 0 Å². The van der Waals surface area contributed by atoms with E-state index in [2.05, 4.69) is 27.4 Å². The topological polar surface area (TPSA) is 37.8 Å². The largest absolute Gasteiger partial charge is 0.340 e. The molecule has 0 aliphatic heterocycles. The minimum atomic E-state index is 0.715. The molecular formula is C20H14ClN3S. The number of rotatable bonds is 4. The van der Waals surface area contributed by atoms with E-state index in [1.54, 1.807) is 24.2 Å². The van der Waals surface area contributed by atoms with Gasteiger partial charge in [0.25, 0.3) is 0 Å². The lowest BCUT2D eigenvalue weighted by Gasteiger charge is -2.12. The van der Waals surface area contributed by atoms with Crippen molar-refractivity contribution in [2.24, 2.45) is 0 Å². The van der Waals surface area contributed by atoms with Gasteiger partial charge < -0.3 is 5.32 Å². The number of benzene rings is 2. The van der Waals surface area contributed by atoms with Gasteiger partial charge in [0.2, 0.25) is 0 Å². The summed E-state index contributed by atoms with van der Waals surface area (Å²) in [5.41, 5.74) is 0.955. The fourth-order valence-corrected chi connectivity index (χ4v) is 3.58. The third-order valence-corrected chi connectivity index (χ3v) is 5.05. The molecular weight excluding hydrogens is 350 g/mol. The van der Waals surface area contributed by atoms with E-state index < -0.39 is 0 Å². The highest BCUT2D eigenvalue weighted by Crippen LogP contribution is 2.35. The maximum Gasteiger partial charge on any atom is 0.138 e. The molecule has 0 bridgehead atoms. The predicted octanol–water partition coefficient (Wildman–Crippen LogP) is 6.18. The third kappa shape index (κ3) is 3.60. The molecule has 5 heteroatoms. The van der Waals surface area contributed by atoms with E-state index in [1.165, 1.54) is 0 Å². The first-order valence-corrected chi connectivity index (χ1v) is 8.97. The highest BCUT2D eigenvalue weighted by molar-refractivity contribution is 7.99. The van der Waals surface area contributed by atoms with Crippen LogP contribution in [0.1, 0.15) is 0 Å². The Morgan fingerprint density at radius 2 is 1.56 bits per heavy atom. The van der Waals surface area contributed by atoms with Gasteiger partial charge in [0.15, 0.2) is 0 Å². The first kappa shape index (κ1) is 15.9. The number of hydrogen-bond acceptors (Lipinski definition) is 4. The molecule has 1 N–H and O–H groups in total. The highest BCUT2D eigenvalue weighted by atomic mass is 35.5. The second kappa shape index (κ2) is 7.13. The molecule has 0 saturated heterocycles. The molecule has 0 amide bonds. The second-order valence-electron chi connectivity index (χ2n) is 5.43. The monoisotopic (exact) mass is 363 g/mol. The summed E-state index contributed by atoms with van der Waals surface area (Å²) in [6.07, 6.45) is 5.51. The number of nitrogens with zero attached hydrogens (tertiary/aromatic N) is 2. The fourth-order valence-electron chi connectivity index (χ4n) is 2.55. The van der Waals surface area contributed by atoms with Crippen LogP contribution in [0.3, 0.4) is 0 Å². The lowest BCUT2D eigenvalue weighted by Crippen LogP contribution is -1.95. The van der Waals surface area contributed by atoms with E-state index in [0.29, 0.717) is 5.02 Å². The van der Waals surface area contributed by atoms with Crippen molar-refractivity contribution in [3.63, 3.8) is 0 Å². The Hall–Kier alpha value is -2.56. The minimum absolute atomic E-state index is 0.715. The Bertz CT molecular complexity index is 1000. The van der Waals surface area contributed by atoms with Gasteiger partial charge in [-0.05, 0) is 36.4 Å². The van der Waals surface area contributed by atoms with Crippen molar-refractivity contribution < 1.29 is 0 Å². The smallest absolute Gasteiger partial charge is 0.138 e. The average molecular weight is 364 g/mol. The molecule has 2 heterocycles. The van der Waals surface area contributed by atoms with Gasteiger partial charge in [-0.2, -0.15) is 0 Å². The van der Waals surface area contributed by atoms with Crippen LogP contribution in [-0.2, 0) is 0 Å². The van der Waals surface area contributed by atoms with Crippen LogP contribution in [0.2, 0.25) is 5.02 Å². The van der Waals surface area contributed by atoms with Crippen LogP contribution in [0.4, 0.5) is 11.5 Å². The number of halogens is 1. The van der Waals surface area contributed by atoms with Gasteiger partial charge >= 0.3 is 0 Å². The molecule has 122 valence electrons. The fraction of sp³-hybridized carbons (Fsp3) is 0. The number of aromatic nitrogens is 2. The second-order valence-corrected chi connectivity index (χ2v) is 6.99. The van der Waals surface area contributed by atoms with Crippen LogP contribution in [-0.4, -0.2) is 9.97 Å². The van der Waals surface area contributed by atoms with Gasteiger partial charge in [0.05, 0.1) is 0 Å². The van der Waals surface area contributed by atoms with E-state index in [4.69, 9.17) is 11.6 Å². The van der Waals surface area contributed by atoms with Crippen molar-refractivity contribution in [3.8, 4) is 0 Å². The molecule has 0 atom stereocenters. The van der Waals surface area contributed by atoms with Gasteiger partial charge in [-0.25, -0.2) is 4.98 Å².